The van der Waals surface area contributed by atoms with Crippen molar-refractivity contribution < 1.29 is 9.32 Å². The molecule has 0 aromatic carbocycles. The quantitative estimate of drug-likeness (QED) is 0.703. The first-order chi connectivity index (χ1) is 13.0. The Balaban J connectivity index is 1.45. The molecule has 3 aromatic rings. The Kier molecular flexibility index (Phi) is 4.63. The molecule has 8 heteroatoms. The van der Waals surface area contributed by atoms with E-state index in [-0.39, 0.29) is 11.8 Å². The number of hydrogen-bond acceptors (Lipinski definition) is 6. The van der Waals surface area contributed by atoms with Gasteiger partial charge in [0.1, 0.15) is 5.52 Å². The van der Waals surface area contributed by atoms with Gasteiger partial charge in [0, 0.05) is 38.7 Å². The molecule has 1 fully saturated rings. The Bertz CT molecular complexity index is 952. The zero-order chi connectivity index (χ0) is 19.0. The van der Waals surface area contributed by atoms with Gasteiger partial charge in [-0.05, 0) is 24.8 Å². The smallest absolute Gasteiger partial charge is 0.255 e. The zero-order valence-electron chi connectivity index (χ0n) is 15.9. The van der Waals surface area contributed by atoms with Crippen LogP contribution in [0.5, 0.6) is 0 Å². The van der Waals surface area contributed by atoms with Crippen LogP contribution in [0.2, 0.25) is 0 Å². The third-order valence-electron chi connectivity index (χ3n) is 4.95. The number of pyridine rings is 1. The van der Waals surface area contributed by atoms with Crippen molar-refractivity contribution in [2.75, 3.05) is 13.1 Å². The summed E-state index contributed by atoms with van der Waals surface area (Å²) >= 11 is 0. The number of aromatic nitrogens is 5. The SMILES string of the molecule is Cc1nc(C2CCN(C(=O)c3cnc4c(c3)ncn4CC(C)C)CC2)no1. The van der Waals surface area contributed by atoms with Crippen LogP contribution in [0.1, 0.15) is 54.7 Å². The molecular formula is C19H24N6O2. The van der Waals surface area contributed by atoms with E-state index in [1.807, 2.05) is 15.5 Å². The highest BCUT2D eigenvalue weighted by Crippen LogP contribution is 2.27. The minimum Gasteiger partial charge on any atom is -0.340 e. The third-order valence-corrected chi connectivity index (χ3v) is 4.95. The van der Waals surface area contributed by atoms with Crippen molar-refractivity contribution in [1.82, 2.24) is 29.6 Å². The van der Waals surface area contributed by atoms with Crippen LogP contribution in [0.4, 0.5) is 0 Å². The summed E-state index contributed by atoms with van der Waals surface area (Å²) in [7, 11) is 0. The molecule has 0 atom stereocenters. The van der Waals surface area contributed by atoms with Crippen LogP contribution in [0.15, 0.2) is 23.1 Å². The van der Waals surface area contributed by atoms with Gasteiger partial charge in [0.2, 0.25) is 5.89 Å². The molecule has 1 aliphatic rings. The number of carbonyl (C=O) groups excluding carboxylic acids is 1. The Hall–Kier alpha value is -2.77. The molecular weight excluding hydrogens is 344 g/mol. The van der Waals surface area contributed by atoms with Gasteiger partial charge in [0.25, 0.3) is 5.91 Å². The molecule has 1 amide bonds. The van der Waals surface area contributed by atoms with Gasteiger partial charge in [-0.15, -0.1) is 0 Å². The standard InChI is InChI=1S/C19H24N6O2/c1-12(2)10-25-11-21-16-8-15(9-20-18(16)25)19(26)24-6-4-14(5-7-24)17-22-13(3)27-23-17/h8-9,11-12,14H,4-7,10H2,1-3H3. The van der Waals surface area contributed by atoms with Crippen molar-refractivity contribution in [2.45, 2.75) is 46.1 Å². The molecule has 4 rings (SSSR count). The van der Waals surface area contributed by atoms with Gasteiger partial charge < -0.3 is 14.0 Å². The highest BCUT2D eigenvalue weighted by atomic mass is 16.5. The van der Waals surface area contributed by atoms with Gasteiger partial charge in [-0.1, -0.05) is 19.0 Å². The van der Waals surface area contributed by atoms with E-state index >= 15 is 0 Å². The van der Waals surface area contributed by atoms with Crippen molar-refractivity contribution in [1.29, 1.82) is 0 Å². The van der Waals surface area contributed by atoms with Crippen molar-refractivity contribution in [3.05, 3.63) is 35.9 Å². The second-order valence-corrected chi connectivity index (χ2v) is 7.60. The van der Waals surface area contributed by atoms with Gasteiger partial charge >= 0.3 is 0 Å². The van der Waals surface area contributed by atoms with E-state index in [9.17, 15) is 4.79 Å². The van der Waals surface area contributed by atoms with E-state index in [0.29, 0.717) is 30.5 Å². The van der Waals surface area contributed by atoms with E-state index in [4.69, 9.17) is 4.52 Å². The summed E-state index contributed by atoms with van der Waals surface area (Å²) < 4.78 is 7.10. The molecule has 27 heavy (non-hydrogen) atoms. The second-order valence-electron chi connectivity index (χ2n) is 7.60. The van der Waals surface area contributed by atoms with Gasteiger partial charge in [-0.2, -0.15) is 4.98 Å². The molecule has 1 saturated heterocycles. The molecule has 0 bridgehead atoms. The lowest BCUT2D eigenvalue weighted by atomic mass is 9.96. The summed E-state index contributed by atoms with van der Waals surface area (Å²) in [6, 6.07) is 1.84. The fourth-order valence-electron chi connectivity index (χ4n) is 3.60. The first-order valence-electron chi connectivity index (χ1n) is 9.41. The predicted octanol–water partition coefficient (Wildman–Crippen LogP) is 2.80. The Morgan fingerprint density at radius 1 is 1.30 bits per heavy atom. The van der Waals surface area contributed by atoms with Crippen molar-refractivity contribution in [3.63, 3.8) is 0 Å². The van der Waals surface area contributed by atoms with Crippen LogP contribution in [-0.2, 0) is 6.54 Å². The average molecular weight is 368 g/mol. The number of nitrogens with zero attached hydrogens (tertiary/aromatic N) is 6. The molecule has 0 radical (unpaired) electrons. The normalized spacial score (nSPS) is 15.8. The summed E-state index contributed by atoms with van der Waals surface area (Å²) in [5.74, 6) is 2.09. The molecule has 3 aromatic heterocycles. The van der Waals surface area contributed by atoms with Crippen molar-refractivity contribution >= 4 is 17.1 Å². The third kappa shape index (κ3) is 3.56. The Labute approximate surface area is 157 Å². The topological polar surface area (TPSA) is 89.9 Å². The number of imidazole rings is 1. The minimum absolute atomic E-state index is 0.00514. The summed E-state index contributed by atoms with van der Waals surface area (Å²) in [5.41, 5.74) is 2.18. The number of aryl methyl sites for hydroxylation is 1. The predicted molar refractivity (Wildman–Crippen MR) is 99.3 cm³/mol. The van der Waals surface area contributed by atoms with Gasteiger partial charge in [-0.3, -0.25) is 4.79 Å². The first-order valence-corrected chi connectivity index (χ1v) is 9.41. The summed E-state index contributed by atoms with van der Waals surface area (Å²) in [6.07, 6.45) is 5.13. The van der Waals surface area contributed by atoms with Crippen molar-refractivity contribution in [3.8, 4) is 0 Å². The fourth-order valence-corrected chi connectivity index (χ4v) is 3.60. The molecule has 0 unspecified atom stereocenters. The highest BCUT2D eigenvalue weighted by Gasteiger charge is 2.27. The summed E-state index contributed by atoms with van der Waals surface area (Å²) in [4.78, 5) is 28.0. The maximum Gasteiger partial charge on any atom is 0.255 e. The van der Waals surface area contributed by atoms with E-state index < -0.39 is 0 Å². The fraction of sp³-hybridized carbons (Fsp3) is 0.526. The van der Waals surface area contributed by atoms with E-state index in [1.165, 1.54) is 0 Å². The van der Waals surface area contributed by atoms with Crippen LogP contribution in [0.25, 0.3) is 11.2 Å². The first kappa shape index (κ1) is 17.6. The molecule has 0 saturated carbocycles. The molecule has 0 N–H and O–H groups in total. The van der Waals surface area contributed by atoms with Crippen molar-refractivity contribution in [2.24, 2.45) is 5.92 Å². The average Bonchev–Trinajstić information content (AvgIpc) is 3.27. The van der Waals surface area contributed by atoms with Crippen LogP contribution < -0.4 is 0 Å². The number of fused-ring (bicyclic) bond motifs is 1. The lowest BCUT2D eigenvalue weighted by Crippen LogP contribution is -2.38. The number of rotatable bonds is 4. The molecule has 1 aliphatic heterocycles. The molecule has 4 heterocycles. The lowest BCUT2D eigenvalue weighted by Gasteiger charge is -2.30. The second kappa shape index (κ2) is 7.09. The van der Waals surface area contributed by atoms with Crippen LogP contribution in [0, 0.1) is 12.8 Å². The van der Waals surface area contributed by atoms with E-state index in [1.54, 1.807) is 19.4 Å². The molecule has 0 aliphatic carbocycles. The minimum atomic E-state index is 0.00514. The highest BCUT2D eigenvalue weighted by molar-refractivity contribution is 5.96. The van der Waals surface area contributed by atoms with Crippen LogP contribution in [0.3, 0.4) is 0 Å². The number of likely N-dealkylation sites (tertiary alicyclic amines) is 1. The lowest BCUT2D eigenvalue weighted by molar-refractivity contribution is 0.0710. The van der Waals surface area contributed by atoms with Gasteiger partial charge in [0.05, 0.1) is 11.9 Å². The largest absolute Gasteiger partial charge is 0.340 e. The number of carbonyl (C=O) groups is 1. The van der Waals surface area contributed by atoms with Crippen LogP contribution in [-0.4, -0.2) is 48.6 Å². The molecule has 0 spiro atoms. The van der Waals surface area contributed by atoms with Crippen LogP contribution >= 0.6 is 0 Å². The van der Waals surface area contributed by atoms with Gasteiger partial charge in [0.15, 0.2) is 11.5 Å². The Morgan fingerprint density at radius 3 is 2.74 bits per heavy atom. The Morgan fingerprint density at radius 2 is 2.07 bits per heavy atom. The molecule has 8 nitrogen and oxygen atoms in total. The number of amides is 1. The zero-order valence-corrected chi connectivity index (χ0v) is 15.9. The number of piperidine rings is 1. The summed E-state index contributed by atoms with van der Waals surface area (Å²) in [5, 5.41) is 4.01. The summed E-state index contributed by atoms with van der Waals surface area (Å²) in [6.45, 7) is 8.32. The molecule has 142 valence electrons. The van der Waals surface area contributed by atoms with E-state index in [2.05, 4.69) is 34.0 Å². The monoisotopic (exact) mass is 368 g/mol. The van der Waals surface area contributed by atoms with E-state index in [0.717, 1.165) is 36.4 Å². The van der Waals surface area contributed by atoms with Gasteiger partial charge in [-0.25, -0.2) is 9.97 Å². The maximum absolute atomic E-state index is 12.9. The maximum atomic E-state index is 12.9. The number of hydrogen-bond donors (Lipinski definition) is 0.